The first-order valence-electron chi connectivity index (χ1n) is 7.10. The van der Waals surface area contributed by atoms with Crippen molar-refractivity contribution >= 4 is 17.0 Å². The first kappa shape index (κ1) is 13.6. The van der Waals surface area contributed by atoms with Crippen LogP contribution in [0.3, 0.4) is 0 Å². The maximum absolute atomic E-state index is 9.58. The normalized spacial score (nSPS) is 29.8. The van der Waals surface area contributed by atoms with Crippen molar-refractivity contribution in [3.8, 4) is 0 Å². The molecule has 4 rings (SSSR count). The molecule has 0 aromatic carbocycles. The number of fused-ring (bicyclic) bond motifs is 2. The van der Waals surface area contributed by atoms with Crippen LogP contribution < -0.4 is 5.73 Å². The predicted octanol–water partition coefficient (Wildman–Crippen LogP) is 0.402. The fraction of sp³-hybridized carbons (Fsp3) is 0.500. The van der Waals surface area contributed by atoms with Crippen molar-refractivity contribution in [3.05, 3.63) is 24.3 Å². The molecule has 1 saturated heterocycles. The molecule has 0 radical (unpaired) electrons. The average Bonchev–Trinajstić information content (AvgIpc) is 3.10. The van der Waals surface area contributed by atoms with E-state index in [0.717, 1.165) is 5.57 Å². The maximum Gasteiger partial charge on any atom is 0.166 e. The van der Waals surface area contributed by atoms with E-state index in [2.05, 4.69) is 15.0 Å². The van der Waals surface area contributed by atoms with Crippen LogP contribution in [-0.2, 0) is 9.47 Å². The average molecular weight is 303 g/mol. The molecule has 1 fully saturated rings. The summed E-state index contributed by atoms with van der Waals surface area (Å²) in [6.07, 6.45) is 4.54. The number of rotatable bonds is 2. The predicted molar refractivity (Wildman–Crippen MR) is 77.8 cm³/mol. The van der Waals surface area contributed by atoms with Crippen LogP contribution in [-0.4, -0.2) is 49.2 Å². The second kappa shape index (κ2) is 4.48. The van der Waals surface area contributed by atoms with Crippen molar-refractivity contribution in [3.63, 3.8) is 0 Å². The minimum Gasteiger partial charge on any atom is -0.392 e. The van der Waals surface area contributed by atoms with Gasteiger partial charge in [-0.25, -0.2) is 15.0 Å². The number of nitrogens with two attached hydrogens (primary N) is 1. The van der Waals surface area contributed by atoms with E-state index in [-0.39, 0.29) is 24.9 Å². The van der Waals surface area contributed by atoms with Gasteiger partial charge in [0.15, 0.2) is 17.3 Å². The zero-order chi connectivity index (χ0) is 15.5. The second-order valence-corrected chi connectivity index (χ2v) is 5.99. The van der Waals surface area contributed by atoms with Crippen LogP contribution in [0.25, 0.3) is 11.2 Å². The highest BCUT2D eigenvalue weighted by molar-refractivity contribution is 5.81. The van der Waals surface area contributed by atoms with E-state index in [4.69, 9.17) is 15.2 Å². The Labute approximate surface area is 126 Å². The molecule has 1 aliphatic heterocycles. The fourth-order valence-electron chi connectivity index (χ4n) is 3.20. The van der Waals surface area contributed by atoms with Crippen LogP contribution >= 0.6 is 0 Å². The lowest BCUT2D eigenvalue weighted by molar-refractivity contribution is -0.148. The SMILES string of the molecule is CC1(C)OC2[C@@H](O1)C(CO)=C[C@@H]2n1cnc2c(N)ncnc21. The van der Waals surface area contributed by atoms with Gasteiger partial charge < -0.3 is 24.9 Å². The van der Waals surface area contributed by atoms with Crippen molar-refractivity contribution in [2.45, 2.75) is 37.9 Å². The summed E-state index contributed by atoms with van der Waals surface area (Å²) in [5.74, 6) is -0.347. The summed E-state index contributed by atoms with van der Waals surface area (Å²) in [6.45, 7) is 3.66. The number of aliphatic hydroxyl groups excluding tert-OH is 1. The fourth-order valence-corrected chi connectivity index (χ4v) is 3.20. The molecule has 3 heterocycles. The Hall–Kier alpha value is -2.03. The molecule has 2 aromatic heterocycles. The van der Waals surface area contributed by atoms with Gasteiger partial charge in [0.05, 0.1) is 19.0 Å². The molecule has 3 atom stereocenters. The van der Waals surface area contributed by atoms with Crippen molar-refractivity contribution < 1.29 is 14.6 Å². The van der Waals surface area contributed by atoms with Crippen molar-refractivity contribution in [1.29, 1.82) is 0 Å². The molecule has 0 bridgehead atoms. The Bertz CT molecular complexity index is 769. The summed E-state index contributed by atoms with van der Waals surface area (Å²) >= 11 is 0. The molecule has 0 saturated carbocycles. The van der Waals surface area contributed by atoms with Gasteiger partial charge in [-0.3, -0.25) is 0 Å². The molecule has 2 aliphatic rings. The topological polar surface area (TPSA) is 108 Å². The quantitative estimate of drug-likeness (QED) is 0.773. The monoisotopic (exact) mass is 303 g/mol. The van der Waals surface area contributed by atoms with Crippen LogP contribution in [0.15, 0.2) is 24.3 Å². The number of imidazole rings is 1. The van der Waals surface area contributed by atoms with E-state index in [9.17, 15) is 5.11 Å². The molecule has 8 nitrogen and oxygen atoms in total. The summed E-state index contributed by atoms with van der Waals surface area (Å²) in [5, 5.41) is 9.58. The summed E-state index contributed by atoms with van der Waals surface area (Å²) < 4.78 is 13.8. The summed E-state index contributed by atoms with van der Waals surface area (Å²) in [4.78, 5) is 12.5. The molecular formula is C14H17N5O3. The van der Waals surface area contributed by atoms with Gasteiger partial charge in [0.2, 0.25) is 0 Å². The second-order valence-electron chi connectivity index (χ2n) is 5.99. The molecule has 22 heavy (non-hydrogen) atoms. The van der Waals surface area contributed by atoms with Crippen LogP contribution in [0.5, 0.6) is 0 Å². The van der Waals surface area contributed by atoms with Gasteiger partial charge in [-0.2, -0.15) is 0 Å². The van der Waals surface area contributed by atoms with E-state index >= 15 is 0 Å². The highest BCUT2D eigenvalue weighted by atomic mass is 16.8. The Morgan fingerprint density at radius 2 is 2.14 bits per heavy atom. The van der Waals surface area contributed by atoms with Crippen LogP contribution in [0.1, 0.15) is 19.9 Å². The Balaban J connectivity index is 1.81. The first-order valence-corrected chi connectivity index (χ1v) is 7.10. The van der Waals surface area contributed by atoms with Gasteiger partial charge in [0.1, 0.15) is 24.1 Å². The maximum atomic E-state index is 9.58. The highest BCUT2D eigenvalue weighted by Gasteiger charge is 2.50. The van der Waals surface area contributed by atoms with Crippen LogP contribution in [0, 0.1) is 0 Å². The van der Waals surface area contributed by atoms with Gasteiger partial charge in [0.25, 0.3) is 0 Å². The summed E-state index contributed by atoms with van der Waals surface area (Å²) in [7, 11) is 0. The third kappa shape index (κ3) is 1.84. The van der Waals surface area contributed by atoms with Gasteiger partial charge >= 0.3 is 0 Å². The lowest BCUT2D eigenvalue weighted by atomic mass is 10.1. The smallest absolute Gasteiger partial charge is 0.166 e. The van der Waals surface area contributed by atoms with Crippen molar-refractivity contribution in [2.24, 2.45) is 0 Å². The van der Waals surface area contributed by atoms with E-state index in [1.807, 2.05) is 24.5 Å². The van der Waals surface area contributed by atoms with E-state index < -0.39 is 5.79 Å². The number of hydrogen-bond donors (Lipinski definition) is 2. The van der Waals surface area contributed by atoms with Gasteiger partial charge in [0, 0.05) is 0 Å². The third-order valence-corrected chi connectivity index (χ3v) is 4.11. The molecule has 1 aliphatic carbocycles. The molecule has 0 spiro atoms. The van der Waals surface area contributed by atoms with Gasteiger partial charge in [-0.15, -0.1) is 0 Å². The molecule has 3 N–H and O–H groups in total. The number of hydrogen-bond acceptors (Lipinski definition) is 7. The van der Waals surface area contributed by atoms with E-state index in [1.54, 1.807) is 6.33 Å². The van der Waals surface area contributed by atoms with Gasteiger partial charge in [-0.05, 0) is 19.4 Å². The van der Waals surface area contributed by atoms with E-state index in [1.165, 1.54) is 6.33 Å². The minimum absolute atomic E-state index is 0.0686. The molecule has 8 heteroatoms. The van der Waals surface area contributed by atoms with Crippen molar-refractivity contribution in [2.75, 3.05) is 12.3 Å². The van der Waals surface area contributed by atoms with E-state index in [0.29, 0.717) is 17.0 Å². The molecule has 116 valence electrons. The largest absolute Gasteiger partial charge is 0.392 e. The number of nitrogen functional groups attached to an aromatic ring is 1. The lowest BCUT2D eigenvalue weighted by Crippen LogP contribution is -2.28. The third-order valence-electron chi connectivity index (χ3n) is 4.11. The number of anilines is 1. The number of aliphatic hydroxyl groups is 1. The highest BCUT2D eigenvalue weighted by Crippen LogP contribution is 2.43. The molecule has 0 amide bonds. The zero-order valence-electron chi connectivity index (χ0n) is 12.3. The Kier molecular flexibility index (Phi) is 2.77. The summed E-state index contributed by atoms with van der Waals surface area (Å²) in [5.41, 5.74) is 7.84. The Morgan fingerprint density at radius 1 is 1.32 bits per heavy atom. The molecular weight excluding hydrogens is 286 g/mol. The standard InChI is InChI=1S/C14H17N5O3/c1-14(2)21-10-7(4-20)3-8(11(10)22-14)19-6-18-9-12(15)16-5-17-13(9)19/h3,5-6,8,10-11,20H,4H2,1-2H3,(H2,15,16,17)/t8-,10-,11?/m0/s1. The zero-order valence-corrected chi connectivity index (χ0v) is 12.3. The van der Waals surface area contributed by atoms with Gasteiger partial charge in [-0.1, -0.05) is 6.08 Å². The number of ether oxygens (including phenoxy) is 2. The number of nitrogens with zero attached hydrogens (tertiary/aromatic N) is 4. The molecule has 2 aromatic rings. The lowest BCUT2D eigenvalue weighted by Gasteiger charge is -2.21. The van der Waals surface area contributed by atoms with Crippen molar-refractivity contribution in [1.82, 2.24) is 19.5 Å². The molecule has 1 unspecified atom stereocenters. The Morgan fingerprint density at radius 3 is 2.91 bits per heavy atom. The minimum atomic E-state index is -0.688. The summed E-state index contributed by atoms with van der Waals surface area (Å²) in [6, 6.07) is -0.159. The first-order chi connectivity index (χ1) is 10.5. The van der Waals surface area contributed by atoms with Crippen LogP contribution in [0.4, 0.5) is 5.82 Å². The number of aromatic nitrogens is 4. The van der Waals surface area contributed by atoms with Crippen LogP contribution in [0.2, 0.25) is 0 Å².